The quantitative estimate of drug-likeness (QED) is 0.623. The zero-order valence-electron chi connectivity index (χ0n) is 12.1. The maximum absolute atomic E-state index is 12.1. The van der Waals surface area contributed by atoms with E-state index in [9.17, 15) is 9.59 Å². The smallest absolute Gasteiger partial charge is 0.306 e. The molecule has 0 bridgehead atoms. The third-order valence-electron chi connectivity index (χ3n) is 2.96. The van der Waals surface area contributed by atoms with E-state index in [-0.39, 0.29) is 24.1 Å². The number of rotatable bonds is 5. The summed E-state index contributed by atoms with van der Waals surface area (Å²) >= 11 is 0.930. The fourth-order valence-corrected chi connectivity index (χ4v) is 2.81. The summed E-state index contributed by atoms with van der Waals surface area (Å²) in [5, 5.41) is 14.9. The van der Waals surface area contributed by atoms with Gasteiger partial charge in [-0.25, -0.2) is 5.06 Å². The molecule has 0 spiro atoms. The van der Waals surface area contributed by atoms with Crippen LogP contribution in [0.4, 0.5) is 0 Å². The van der Waals surface area contributed by atoms with Crippen molar-refractivity contribution in [2.45, 2.75) is 18.8 Å². The normalized spacial score (nSPS) is 20.2. The van der Waals surface area contributed by atoms with Crippen LogP contribution in [0.5, 0.6) is 0 Å². The molecule has 0 saturated carbocycles. The maximum Gasteiger partial charge on any atom is 0.306 e. The van der Waals surface area contributed by atoms with Gasteiger partial charge in [-0.1, -0.05) is 47.2 Å². The van der Waals surface area contributed by atoms with E-state index in [1.807, 2.05) is 30.3 Å². The van der Waals surface area contributed by atoms with Crippen molar-refractivity contribution in [3.8, 4) is 0 Å². The monoisotopic (exact) mass is 323 g/mol. The minimum atomic E-state index is -0.570. The van der Waals surface area contributed by atoms with Crippen molar-refractivity contribution in [3.05, 3.63) is 35.9 Å². The Morgan fingerprint density at radius 2 is 2.23 bits per heavy atom. The summed E-state index contributed by atoms with van der Waals surface area (Å²) in [5.74, 6) is -0.779. The lowest BCUT2D eigenvalue weighted by molar-refractivity contribution is -0.184. The van der Waals surface area contributed by atoms with Crippen LogP contribution in [0.1, 0.15) is 12.5 Å². The number of oxime groups is 1. The van der Waals surface area contributed by atoms with Crippen LogP contribution < -0.4 is 5.32 Å². The van der Waals surface area contributed by atoms with E-state index in [4.69, 9.17) is 10.0 Å². The fourth-order valence-electron chi connectivity index (χ4n) is 1.89. The van der Waals surface area contributed by atoms with Crippen LogP contribution in [-0.4, -0.2) is 45.5 Å². The Bertz CT molecular complexity index is 564. The lowest BCUT2D eigenvalue weighted by atomic mass is 10.2. The molecule has 1 aliphatic rings. The van der Waals surface area contributed by atoms with Crippen molar-refractivity contribution < 1.29 is 19.6 Å². The molecule has 2 N–H and O–H groups in total. The van der Waals surface area contributed by atoms with Gasteiger partial charge in [0.15, 0.2) is 0 Å². The third kappa shape index (κ3) is 3.99. The first kappa shape index (κ1) is 16.3. The first-order chi connectivity index (χ1) is 10.7. The van der Waals surface area contributed by atoms with Crippen LogP contribution in [0.25, 0.3) is 0 Å². The van der Waals surface area contributed by atoms with Gasteiger partial charge < -0.3 is 10.5 Å². The average Bonchev–Trinajstić information content (AvgIpc) is 2.55. The van der Waals surface area contributed by atoms with E-state index in [2.05, 4.69) is 10.5 Å². The molecule has 22 heavy (non-hydrogen) atoms. The molecule has 1 saturated heterocycles. The molecule has 1 unspecified atom stereocenters. The number of thioether (sulfide) groups is 1. The van der Waals surface area contributed by atoms with Crippen molar-refractivity contribution in [1.29, 1.82) is 0 Å². The minimum Gasteiger partial charge on any atom is -0.410 e. The van der Waals surface area contributed by atoms with Crippen molar-refractivity contribution in [2.75, 3.05) is 13.1 Å². The van der Waals surface area contributed by atoms with Crippen molar-refractivity contribution in [1.82, 2.24) is 10.4 Å². The number of benzene rings is 1. The highest BCUT2D eigenvalue weighted by atomic mass is 32.2. The number of hydrogen-bond acceptors (Lipinski definition) is 6. The highest BCUT2D eigenvalue weighted by Gasteiger charge is 2.37. The summed E-state index contributed by atoms with van der Waals surface area (Å²) in [5.41, 5.74) is 0.894. The topological polar surface area (TPSA) is 91.2 Å². The predicted molar refractivity (Wildman–Crippen MR) is 82.2 cm³/mol. The van der Waals surface area contributed by atoms with Crippen LogP contribution in [-0.2, 0) is 21.0 Å². The summed E-state index contributed by atoms with van der Waals surface area (Å²) in [6.45, 7) is 2.58. The molecule has 1 fully saturated rings. The summed E-state index contributed by atoms with van der Waals surface area (Å²) < 4.78 is 0. The number of carbonyl (C=O) groups is 2. The average molecular weight is 323 g/mol. The molecule has 0 radical (unpaired) electrons. The van der Waals surface area contributed by atoms with Gasteiger partial charge in [-0.2, -0.15) is 0 Å². The number of nitrogens with one attached hydrogen (secondary N) is 1. The highest BCUT2D eigenvalue weighted by Crippen LogP contribution is 2.23. The van der Waals surface area contributed by atoms with Gasteiger partial charge in [-0.15, -0.1) is 0 Å². The van der Waals surface area contributed by atoms with Crippen LogP contribution in [0.2, 0.25) is 0 Å². The van der Waals surface area contributed by atoms with Crippen molar-refractivity contribution >= 4 is 28.6 Å². The molecule has 1 heterocycles. The zero-order chi connectivity index (χ0) is 15.9. The van der Waals surface area contributed by atoms with Crippen LogP contribution in [0.15, 0.2) is 35.5 Å². The Labute approximate surface area is 132 Å². The largest absolute Gasteiger partial charge is 0.410 e. The molecular formula is C14H17N3O4S. The van der Waals surface area contributed by atoms with E-state index in [0.29, 0.717) is 6.54 Å². The second-order valence-electron chi connectivity index (χ2n) is 4.53. The number of nitrogens with zero attached hydrogens (tertiary/aromatic N) is 2. The molecule has 8 heteroatoms. The lowest BCUT2D eigenvalue weighted by Gasteiger charge is -2.30. The number of hydroxylamine groups is 2. The molecular weight excluding hydrogens is 306 g/mol. The third-order valence-corrected chi connectivity index (χ3v) is 4.09. The van der Waals surface area contributed by atoms with E-state index < -0.39 is 11.2 Å². The molecule has 1 aromatic rings. The van der Waals surface area contributed by atoms with Crippen LogP contribution >= 0.6 is 11.8 Å². The zero-order valence-corrected chi connectivity index (χ0v) is 12.9. The molecule has 1 aliphatic heterocycles. The molecule has 1 atom stereocenters. The first-order valence-corrected chi connectivity index (χ1v) is 7.68. The minimum absolute atomic E-state index is 0.0984. The Morgan fingerprint density at radius 3 is 2.86 bits per heavy atom. The van der Waals surface area contributed by atoms with E-state index in [1.165, 1.54) is 0 Å². The lowest BCUT2D eigenvalue weighted by Crippen LogP contribution is -2.50. The van der Waals surface area contributed by atoms with E-state index in [1.54, 1.807) is 6.92 Å². The Morgan fingerprint density at radius 1 is 1.50 bits per heavy atom. The number of carbonyl (C=O) groups excluding carboxylic acids is 2. The maximum atomic E-state index is 12.1. The molecule has 118 valence electrons. The van der Waals surface area contributed by atoms with Gasteiger partial charge in [0.1, 0.15) is 11.9 Å². The summed E-state index contributed by atoms with van der Waals surface area (Å²) in [6, 6.07) is 9.35. The van der Waals surface area contributed by atoms with Crippen molar-refractivity contribution in [2.24, 2.45) is 5.16 Å². The molecule has 2 amide bonds. The molecule has 2 rings (SSSR count). The van der Waals surface area contributed by atoms with E-state index >= 15 is 0 Å². The van der Waals surface area contributed by atoms with Crippen LogP contribution in [0.3, 0.4) is 0 Å². The summed E-state index contributed by atoms with van der Waals surface area (Å²) in [6.07, 6.45) is 0. The van der Waals surface area contributed by atoms with E-state index in [0.717, 1.165) is 22.4 Å². The molecule has 1 aromatic carbocycles. The number of hydrogen-bond donors (Lipinski definition) is 2. The predicted octanol–water partition coefficient (Wildman–Crippen LogP) is 0.986. The van der Waals surface area contributed by atoms with Gasteiger partial charge in [0.2, 0.25) is 11.0 Å². The summed E-state index contributed by atoms with van der Waals surface area (Å²) in [4.78, 5) is 29.5. The van der Waals surface area contributed by atoms with Gasteiger partial charge in [-0.05, 0) is 12.5 Å². The SMILES string of the molecule is CCNC(=O)C1CN(OCc2ccccc2)C(=O)C(=NO)S1. The second kappa shape index (κ2) is 7.81. The fraction of sp³-hybridized carbons (Fsp3) is 0.357. The second-order valence-corrected chi connectivity index (χ2v) is 5.72. The standard InChI is InChI=1S/C14H17N3O4S/c1-2-15-12(18)11-8-17(14(19)13(16-20)22-11)21-9-10-6-4-3-5-7-10/h3-7,11,20H,2,8-9H2,1H3,(H,15,18). The Kier molecular flexibility index (Phi) is 5.79. The molecule has 0 aliphatic carbocycles. The molecule has 7 nitrogen and oxygen atoms in total. The highest BCUT2D eigenvalue weighted by molar-refractivity contribution is 8.16. The van der Waals surface area contributed by atoms with Gasteiger partial charge in [-0.3, -0.25) is 14.4 Å². The van der Waals surface area contributed by atoms with Crippen molar-refractivity contribution in [3.63, 3.8) is 0 Å². The van der Waals surface area contributed by atoms with Gasteiger partial charge in [0, 0.05) is 6.54 Å². The number of amides is 2. The Hall–Kier alpha value is -2.06. The summed E-state index contributed by atoms with van der Waals surface area (Å²) in [7, 11) is 0. The van der Waals surface area contributed by atoms with Gasteiger partial charge >= 0.3 is 5.91 Å². The Balaban J connectivity index is 2.04. The van der Waals surface area contributed by atoms with Gasteiger partial charge in [0.05, 0.1) is 6.54 Å². The van der Waals surface area contributed by atoms with Gasteiger partial charge in [0.25, 0.3) is 0 Å². The first-order valence-electron chi connectivity index (χ1n) is 6.80. The molecule has 0 aromatic heterocycles. The van der Waals surface area contributed by atoms with Crippen LogP contribution in [0, 0.1) is 0 Å².